The van der Waals surface area contributed by atoms with E-state index >= 15 is 0 Å². The van der Waals surface area contributed by atoms with Crippen molar-refractivity contribution in [2.24, 2.45) is 0 Å². The summed E-state index contributed by atoms with van der Waals surface area (Å²) in [6.07, 6.45) is 0. The van der Waals surface area contributed by atoms with Crippen LogP contribution in [0.1, 0.15) is 105 Å². The molecule has 7 aromatic rings. The molecule has 290 valence electrons. The van der Waals surface area contributed by atoms with Gasteiger partial charge in [0.1, 0.15) is 22.6 Å². The topological polar surface area (TPSA) is 109 Å². The Hall–Kier alpha value is -5.54. The number of nitrogens with zero attached hydrogens (tertiary/aromatic N) is 6. The fourth-order valence-corrected chi connectivity index (χ4v) is 8.90. The number of hydrogen-bond acceptors (Lipinski definition) is 6. The van der Waals surface area contributed by atoms with Crippen molar-refractivity contribution in [2.45, 2.75) is 105 Å². The van der Waals surface area contributed by atoms with Crippen LogP contribution >= 0.6 is 0 Å². The Morgan fingerprint density at radius 1 is 0.333 bits per heavy atom. The van der Waals surface area contributed by atoms with Gasteiger partial charge in [-0.1, -0.05) is 156 Å². The van der Waals surface area contributed by atoms with E-state index in [9.17, 15) is 0 Å². The summed E-state index contributed by atoms with van der Waals surface area (Å²) in [5.41, 5.74) is 10.9. The third-order valence-electron chi connectivity index (χ3n) is 11.0. The fraction of sp³-hybridized carbons (Fsp3) is 0.333. The maximum atomic E-state index is 5.53. The van der Waals surface area contributed by atoms with Crippen molar-refractivity contribution in [3.63, 3.8) is 0 Å². The molecular weight excluding hydrogens is 717 g/mol. The van der Waals surface area contributed by atoms with Gasteiger partial charge >= 0.3 is 0 Å². The summed E-state index contributed by atoms with van der Waals surface area (Å²) in [7, 11) is 0. The van der Waals surface area contributed by atoms with Crippen LogP contribution in [0.15, 0.2) is 72.8 Å². The van der Waals surface area contributed by atoms with Gasteiger partial charge in [-0.05, 0) is 54.9 Å². The highest BCUT2D eigenvalue weighted by Crippen LogP contribution is 2.52. The Kier molecular flexibility index (Phi) is 8.56. The molecule has 57 heavy (non-hydrogen) atoms. The van der Waals surface area contributed by atoms with Gasteiger partial charge in [0.25, 0.3) is 0 Å². The number of nitrogens with one attached hydrogen (secondary N) is 2. The highest BCUT2D eigenvalue weighted by molar-refractivity contribution is 6.11. The SMILES string of the molecule is CC(C)(C)c1c(C(C)(C)C)c(C(C)(C)C)c2c3nc4nc(nc5[nH]c(nc6nc(nc([nH]3)c2c1C(C)(C)C)-c1ccccc1-6)c1ccccc51)-c1ccccc1-4.[SiH4]. The summed E-state index contributed by atoms with van der Waals surface area (Å²) in [6.45, 7) is 28.0. The molecule has 2 aliphatic rings. The maximum absolute atomic E-state index is 5.53. The molecule has 0 unspecified atom stereocenters. The zero-order valence-corrected chi connectivity index (χ0v) is 34.6. The smallest absolute Gasteiger partial charge is 0.164 e. The van der Waals surface area contributed by atoms with Crippen LogP contribution in [0.2, 0.25) is 0 Å². The second-order valence-corrected chi connectivity index (χ2v) is 19.5. The van der Waals surface area contributed by atoms with E-state index in [1.807, 2.05) is 36.4 Å². The standard InChI is InChI=1S/C48H50N8.H4Si/c1-45(2,3)33-31-32(34(46(4,5)6)36(48(10,11)12)35(33)47(7,8)9)44-55-42-30-24-18-16-22-28(30)40(53-42)51-38-26-20-14-13-19-25(26)37(49-38)50-39-27-21-15-17-23-29(27)41(52-39)54-43(31)56-44;/h13-24H,1-12H3,(H2,49,50,51,52,53,54,55,56);1H4. The molecule has 8 nitrogen and oxygen atoms in total. The second kappa shape index (κ2) is 12.7. The van der Waals surface area contributed by atoms with Gasteiger partial charge in [-0.15, -0.1) is 0 Å². The van der Waals surface area contributed by atoms with E-state index in [2.05, 4.69) is 129 Å². The number of benzene rings is 4. The largest absolute Gasteiger partial charge is 0.324 e. The lowest BCUT2D eigenvalue weighted by Crippen LogP contribution is -2.32. The number of rotatable bonds is 0. The van der Waals surface area contributed by atoms with Crippen molar-refractivity contribution in [1.29, 1.82) is 0 Å². The lowest BCUT2D eigenvalue weighted by Gasteiger charge is -2.41. The van der Waals surface area contributed by atoms with Gasteiger partial charge in [-0.25, -0.2) is 29.9 Å². The monoisotopic (exact) mass is 770 g/mol. The van der Waals surface area contributed by atoms with E-state index in [1.54, 1.807) is 0 Å². The molecule has 0 fully saturated rings. The molecule has 9 heteroatoms. The Balaban J connectivity index is 0.00000455. The van der Waals surface area contributed by atoms with E-state index in [1.165, 1.54) is 22.3 Å². The molecule has 5 heterocycles. The predicted molar refractivity (Wildman–Crippen MR) is 242 cm³/mol. The third-order valence-corrected chi connectivity index (χ3v) is 11.0. The Morgan fingerprint density at radius 3 is 0.895 bits per heavy atom. The summed E-state index contributed by atoms with van der Waals surface area (Å²) in [5, 5.41) is 4.06. The quantitative estimate of drug-likeness (QED) is 0.149. The summed E-state index contributed by atoms with van der Waals surface area (Å²) in [5.74, 6) is 2.41. The van der Waals surface area contributed by atoms with Gasteiger partial charge in [0.15, 0.2) is 23.3 Å². The van der Waals surface area contributed by atoms with Crippen molar-refractivity contribution in [3.8, 4) is 45.6 Å². The van der Waals surface area contributed by atoms with Crippen LogP contribution in [-0.2, 0) is 21.7 Å². The average molecular weight is 771 g/mol. The summed E-state index contributed by atoms with van der Waals surface area (Å²) < 4.78 is 0. The molecule has 0 aliphatic carbocycles. The molecule has 0 saturated carbocycles. The molecule has 0 amide bonds. The van der Waals surface area contributed by atoms with Crippen LogP contribution in [0.4, 0.5) is 0 Å². The van der Waals surface area contributed by atoms with E-state index in [0.717, 1.165) is 55.1 Å². The zero-order chi connectivity index (χ0) is 39.7. The molecule has 2 aliphatic heterocycles. The third kappa shape index (κ3) is 6.09. The molecule has 9 rings (SSSR count). The van der Waals surface area contributed by atoms with Crippen molar-refractivity contribution >= 4 is 55.1 Å². The predicted octanol–water partition coefficient (Wildman–Crippen LogP) is 10.6. The number of H-pyrrole nitrogens is 2. The molecule has 3 aromatic heterocycles. The first-order valence-electron chi connectivity index (χ1n) is 19.7. The Bertz CT molecular complexity index is 2760. The van der Waals surface area contributed by atoms with Crippen molar-refractivity contribution < 1.29 is 0 Å². The average Bonchev–Trinajstić information content (AvgIpc) is 3.84. The summed E-state index contributed by atoms with van der Waals surface area (Å²) in [4.78, 5) is 39.2. The number of hydrogen-bond donors (Lipinski definition) is 2. The minimum Gasteiger partial charge on any atom is -0.324 e. The number of aromatic amines is 2. The Labute approximate surface area is 339 Å². The van der Waals surface area contributed by atoms with E-state index in [-0.39, 0.29) is 32.6 Å². The van der Waals surface area contributed by atoms with Gasteiger partial charge in [0.2, 0.25) is 0 Å². The number of aromatic nitrogens is 8. The van der Waals surface area contributed by atoms with Crippen molar-refractivity contribution in [2.75, 3.05) is 0 Å². The molecule has 0 atom stereocenters. The number of fused-ring (bicyclic) bond motifs is 20. The molecule has 0 saturated heterocycles. The van der Waals surface area contributed by atoms with Gasteiger partial charge < -0.3 is 9.97 Å². The zero-order valence-electron chi connectivity index (χ0n) is 34.6. The highest BCUT2D eigenvalue weighted by atomic mass is 28.1. The summed E-state index contributed by atoms with van der Waals surface area (Å²) >= 11 is 0. The van der Waals surface area contributed by atoms with Gasteiger partial charge in [0.05, 0.1) is 0 Å². The minimum atomic E-state index is -0.259. The van der Waals surface area contributed by atoms with Crippen LogP contribution in [0.5, 0.6) is 0 Å². The lowest BCUT2D eigenvalue weighted by atomic mass is 9.63. The normalized spacial score (nSPS) is 13.1. The van der Waals surface area contributed by atoms with E-state index in [4.69, 9.17) is 29.9 Å². The van der Waals surface area contributed by atoms with Gasteiger partial charge in [-0.2, -0.15) is 0 Å². The fourth-order valence-electron chi connectivity index (χ4n) is 8.90. The van der Waals surface area contributed by atoms with Crippen LogP contribution in [0, 0.1) is 0 Å². The van der Waals surface area contributed by atoms with Crippen molar-refractivity contribution in [1.82, 2.24) is 39.9 Å². The first-order chi connectivity index (χ1) is 26.3. The molecule has 0 spiro atoms. The summed E-state index contributed by atoms with van der Waals surface area (Å²) in [6, 6.07) is 24.6. The van der Waals surface area contributed by atoms with Crippen LogP contribution in [0.3, 0.4) is 0 Å². The molecule has 2 N–H and O–H groups in total. The van der Waals surface area contributed by atoms with E-state index in [0.29, 0.717) is 34.6 Å². The second-order valence-electron chi connectivity index (χ2n) is 19.5. The maximum Gasteiger partial charge on any atom is 0.164 e. The molecule has 8 bridgehead atoms. The molecular formula is C48H54N8Si. The minimum absolute atomic E-state index is 0. The van der Waals surface area contributed by atoms with Crippen LogP contribution in [-0.4, -0.2) is 50.8 Å². The van der Waals surface area contributed by atoms with Crippen LogP contribution in [0.25, 0.3) is 89.7 Å². The Morgan fingerprint density at radius 2 is 0.596 bits per heavy atom. The van der Waals surface area contributed by atoms with Crippen molar-refractivity contribution in [3.05, 3.63) is 95.1 Å². The van der Waals surface area contributed by atoms with Crippen LogP contribution < -0.4 is 0 Å². The first-order valence-corrected chi connectivity index (χ1v) is 19.7. The van der Waals surface area contributed by atoms with Gasteiger partial charge in [0, 0.05) is 43.8 Å². The molecule has 4 aromatic carbocycles. The lowest BCUT2D eigenvalue weighted by molar-refractivity contribution is 0.482. The highest BCUT2D eigenvalue weighted by Gasteiger charge is 2.40. The first kappa shape index (κ1) is 38.3. The van der Waals surface area contributed by atoms with E-state index < -0.39 is 0 Å². The molecule has 0 radical (unpaired) electrons. The van der Waals surface area contributed by atoms with Gasteiger partial charge in [-0.3, -0.25) is 0 Å².